The fraction of sp³-hybridized carbons (Fsp3) is 0.0192. The van der Waals surface area contributed by atoms with Crippen molar-refractivity contribution in [2.24, 2.45) is 0 Å². The molecule has 0 aliphatic heterocycles. The second-order valence-corrected chi connectivity index (χ2v) is 14.0. The van der Waals surface area contributed by atoms with Crippen LogP contribution in [0, 0.1) is 0 Å². The molecule has 54 heavy (non-hydrogen) atoms. The second kappa shape index (κ2) is 13.5. The van der Waals surface area contributed by atoms with Crippen LogP contribution < -0.4 is 4.90 Å². The van der Waals surface area contributed by atoms with Crippen molar-refractivity contribution in [3.63, 3.8) is 0 Å². The van der Waals surface area contributed by atoms with E-state index in [0.29, 0.717) is 0 Å². The number of pyridine rings is 1. The van der Waals surface area contributed by atoms with Crippen molar-refractivity contribution in [1.82, 2.24) is 4.98 Å². The van der Waals surface area contributed by atoms with Crippen LogP contribution in [0.2, 0.25) is 0 Å². The highest BCUT2D eigenvalue weighted by Gasteiger charge is 2.18. The predicted octanol–water partition coefficient (Wildman–Crippen LogP) is 14.1. The van der Waals surface area contributed by atoms with Crippen molar-refractivity contribution in [2.75, 3.05) is 4.90 Å². The summed E-state index contributed by atoms with van der Waals surface area (Å²) in [6.45, 7) is 0. The summed E-state index contributed by atoms with van der Waals surface area (Å²) in [5, 5.41) is 3.74. The number of para-hydroxylation sites is 2. The summed E-state index contributed by atoms with van der Waals surface area (Å²) in [4.78, 5) is 7.64. The van der Waals surface area contributed by atoms with E-state index in [2.05, 4.69) is 211 Å². The first-order valence-corrected chi connectivity index (χ1v) is 18.6. The Balaban J connectivity index is 1.02. The third kappa shape index (κ3) is 5.84. The van der Waals surface area contributed by atoms with Crippen molar-refractivity contribution in [3.8, 4) is 44.6 Å². The zero-order valence-electron chi connectivity index (χ0n) is 29.7. The van der Waals surface area contributed by atoms with Crippen molar-refractivity contribution in [1.29, 1.82) is 0 Å². The molecule has 254 valence electrons. The smallest absolute Gasteiger partial charge is 0.0788 e. The number of hydrogen-bond acceptors (Lipinski definition) is 2. The lowest BCUT2D eigenvalue weighted by Crippen LogP contribution is -2.09. The first-order valence-electron chi connectivity index (χ1n) is 18.6. The lowest BCUT2D eigenvalue weighted by Gasteiger charge is -2.26. The van der Waals surface area contributed by atoms with E-state index >= 15 is 0 Å². The van der Waals surface area contributed by atoms with E-state index in [-0.39, 0.29) is 0 Å². The van der Waals surface area contributed by atoms with Crippen LogP contribution in [0.15, 0.2) is 200 Å². The van der Waals surface area contributed by atoms with Crippen LogP contribution in [0.1, 0.15) is 11.1 Å². The maximum absolute atomic E-state index is 5.32. The third-order valence-corrected chi connectivity index (χ3v) is 10.6. The Morgan fingerprint density at radius 2 is 0.963 bits per heavy atom. The first-order chi connectivity index (χ1) is 26.7. The van der Waals surface area contributed by atoms with E-state index in [1.54, 1.807) is 0 Å². The average Bonchev–Trinajstić information content (AvgIpc) is 3.25. The van der Waals surface area contributed by atoms with Gasteiger partial charge in [-0.3, -0.25) is 0 Å². The third-order valence-electron chi connectivity index (χ3n) is 10.6. The highest BCUT2D eigenvalue weighted by atomic mass is 15.1. The molecule has 0 fully saturated rings. The molecule has 0 atom stereocenters. The van der Waals surface area contributed by atoms with Gasteiger partial charge in [-0.15, -0.1) is 0 Å². The molecule has 1 heterocycles. The number of fused-ring (bicyclic) bond motifs is 1. The Kier molecular flexibility index (Phi) is 7.92. The summed E-state index contributed by atoms with van der Waals surface area (Å²) in [5.74, 6) is 0. The Bertz CT molecular complexity index is 2800. The molecular formula is C52H36N2. The zero-order valence-corrected chi connectivity index (χ0v) is 29.7. The predicted molar refractivity (Wildman–Crippen MR) is 228 cm³/mol. The minimum absolute atomic E-state index is 0.975. The molecule has 2 nitrogen and oxygen atoms in total. The number of aromatic nitrogens is 1. The molecule has 0 spiro atoms. The molecule has 1 aliphatic rings. The minimum Gasteiger partial charge on any atom is -0.311 e. The lowest BCUT2D eigenvalue weighted by atomic mass is 9.89. The second-order valence-electron chi connectivity index (χ2n) is 14.0. The molecule has 0 amide bonds. The minimum atomic E-state index is 0.975. The Labute approximate surface area is 316 Å². The van der Waals surface area contributed by atoms with E-state index < -0.39 is 0 Å². The molecule has 0 saturated carbocycles. The van der Waals surface area contributed by atoms with Crippen LogP contribution in [0.5, 0.6) is 0 Å². The summed E-state index contributed by atoms with van der Waals surface area (Å²) >= 11 is 0. The van der Waals surface area contributed by atoms with E-state index in [1.807, 2.05) is 0 Å². The van der Waals surface area contributed by atoms with Crippen LogP contribution >= 0.6 is 0 Å². The molecule has 0 N–H and O–H groups in total. The zero-order chi connectivity index (χ0) is 35.8. The summed E-state index contributed by atoms with van der Waals surface area (Å²) in [6.07, 6.45) is 5.51. The largest absolute Gasteiger partial charge is 0.311 e. The molecule has 0 radical (unpaired) electrons. The van der Waals surface area contributed by atoms with Crippen molar-refractivity contribution in [2.45, 2.75) is 6.42 Å². The molecule has 1 aliphatic carbocycles. The fourth-order valence-corrected chi connectivity index (χ4v) is 7.95. The van der Waals surface area contributed by atoms with Crippen LogP contribution in [0.3, 0.4) is 0 Å². The summed E-state index contributed by atoms with van der Waals surface area (Å²) < 4.78 is 0. The lowest BCUT2D eigenvalue weighted by molar-refractivity contribution is 1.28. The fourth-order valence-electron chi connectivity index (χ4n) is 7.95. The van der Waals surface area contributed by atoms with Crippen LogP contribution in [-0.2, 0) is 6.42 Å². The number of rotatable bonds is 7. The molecule has 0 saturated heterocycles. The first kappa shape index (κ1) is 31.7. The van der Waals surface area contributed by atoms with Crippen LogP contribution in [0.25, 0.3) is 72.4 Å². The summed E-state index contributed by atoms with van der Waals surface area (Å²) in [6, 6.07) is 69.8. The normalized spacial score (nSPS) is 11.9. The number of nitrogens with zero attached hydrogens (tertiary/aromatic N) is 2. The highest BCUT2D eigenvalue weighted by molar-refractivity contribution is 6.00. The molecule has 10 rings (SSSR count). The van der Waals surface area contributed by atoms with Gasteiger partial charge in [0.15, 0.2) is 0 Å². The van der Waals surface area contributed by atoms with Gasteiger partial charge in [0, 0.05) is 33.6 Å². The Morgan fingerprint density at radius 3 is 1.67 bits per heavy atom. The van der Waals surface area contributed by atoms with Crippen molar-refractivity contribution < 1.29 is 0 Å². The number of allylic oxidation sites excluding steroid dienone is 1. The van der Waals surface area contributed by atoms with E-state index in [9.17, 15) is 0 Å². The van der Waals surface area contributed by atoms with Gasteiger partial charge >= 0.3 is 0 Å². The summed E-state index contributed by atoms with van der Waals surface area (Å²) in [7, 11) is 0. The molecule has 2 heteroatoms. The SMILES string of the molecule is C1=Cc2cc(-c3nc4ccccc4cc3-c3ccc(N(c4ccccc4)c4ccc(-c5ccc(-c6ccccc6)cc5)cc4)cc3)cc3cccc(c23)C1. The van der Waals surface area contributed by atoms with Gasteiger partial charge < -0.3 is 4.90 Å². The number of hydrogen-bond donors (Lipinski definition) is 0. The monoisotopic (exact) mass is 688 g/mol. The highest BCUT2D eigenvalue weighted by Crippen LogP contribution is 2.41. The van der Waals surface area contributed by atoms with Crippen molar-refractivity contribution >= 4 is 44.8 Å². The molecule has 8 aromatic carbocycles. The van der Waals surface area contributed by atoms with Gasteiger partial charge in [0.05, 0.1) is 11.2 Å². The van der Waals surface area contributed by atoms with Gasteiger partial charge in [-0.25, -0.2) is 4.98 Å². The van der Waals surface area contributed by atoms with E-state index in [1.165, 1.54) is 44.2 Å². The number of benzene rings is 8. The van der Waals surface area contributed by atoms with Gasteiger partial charge in [0.25, 0.3) is 0 Å². The van der Waals surface area contributed by atoms with Crippen molar-refractivity contribution in [3.05, 3.63) is 211 Å². The van der Waals surface area contributed by atoms with Gasteiger partial charge in [-0.1, -0.05) is 146 Å². The van der Waals surface area contributed by atoms with Gasteiger partial charge in [0.2, 0.25) is 0 Å². The molecule has 0 bridgehead atoms. The molecule has 9 aromatic rings. The standard InChI is InChI=1S/C52H36N2/c1-3-11-36(12-4-1)37-21-23-38(24-22-37)39-25-29-47(30-26-39)54(46-18-5-2-6-19-46)48-31-27-40(28-32-48)49-35-42-13-7-8-20-50(42)53-52(49)45-33-43-16-9-14-41-15-10-17-44(34-45)51(41)43/h1-14,16-35H,15H2. The topological polar surface area (TPSA) is 16.1 Å². The van der Waals surface area contributed by atoms with Crippen LogP contribution in [-0.4, -0.2) is 4.98 Å². The average molecular weight is 689 g/mol. The Morgan fingerprint density at radius 1 is 0.407 bits per heavy atom. The maximum atomic E-state index is 5.32. The molecule has 1 aromatic heterocycles. The maximum Gasteiger partial charge on any atom is 0.0788 e. The quantitative estimate of drug-likeness (QED) is 0.166. The molecular weight excluding hydrogens is 653 g/mol. The van der Waals surface area contributed by atoms with E-state index in [4.69, 9.17) is 4.98 Å². The summed E-state index contributed by atoms with van der Waals surface area (Å²) in [5.41, 5.74) is 16.2. The number of anilines is 3. The van der Waals surface area contributed by atoms with Crippen LogP contribution in [0.4, 0.5) is 17.1 Å². The van der Waals surface area contributed by atoms with Gasteiger partial charge in [-0.2, -0.15) is 0 Å². The molecule has 0 unspecified atom stereocenters. The van der Waals surface area contributed by atoms with E-state index in [0.717, 1.165) is 56.8 Å². The van der Waals surface area contributed by atoms with Gasteiger partial charge in [-0.05, 0) is 117 Å². The Hall–Kier alpha value is -7.03. The van der Waals surface area contributed by atoms with Gasteiger partial charge in [0.1, 0.15) is 0 Å².